The topological polar surface area (TPSA) is 363 Å². The summed E-state index contributed by atoms with van der Waals surface area (Å²) in [6.07, 6.45) is -22.2. The summed E-state index contributed by atoms with van der Waals surface area (Å²) in [5, 5.41) is 114. The van der Waals surface area contributed by atoms with E-state index in [9.17, 15) is 70.2 Å². The summed E-state index contributed by atoms with van der Waals surface area (Å²) in [7, 11) is 1.06. The quantitative estimate of drug-likeness (QED) is 0.0352. The SMILES string of the molecule is COC(=O)[C@H]1O[C@@H](O[C@H]2CC[C@]3(C)[C@H]4CC=C5[C@@H]6CC(C)(C)[C@@H](OC(=O)/C=C(/C)CCC=C(C)C)[C@H](OC(=O)c7ccccc7)[C@]6(CO)[C@H](O)[C@H](O)[C@@]5(C)[C@]4(C)CC[C@H]3C2(C)C)[C@H](O[C@@H]2O[C@H](CO)[C@@H](O)[C@H](O)[C@H]2O)[C@@H](OC(C)=O)[C@@H]1O[C@@H]1OC[C@H](O)[C@H](O)[C@H]1O. The highest BCUT2D eigenvalue weighted by Gasteiger charge is 2.76. The maximum atomic E-state index is 14.4. The van der Waals surface area contributed by atoms with Crippen molar-refractivity contribution in [2.75, 3.05) is 26.9 Å². The molecule has 1 aromatic rings. The van der Waals surface area contributed by atoms with Crippen molar-refractivity contribution < 1.29 is 118 Å². The molecule has 3 saturated heterocycles. The van der Waals surface area contributed by atoms with Crippen LogP contribution in [0.4, 0.5) is 0 Å². The van der Waals surface area contributed by atoms with Crippen LogP contribution < -0.4 is 0 Å². The van der Waals surface area contributed by atoms with Crippen molar-refractivity contribution in [1.29, 1.82) is 0 Å². The molecule has 4 saturated carbocycles. The van der Waals surface area contributed by atoms with Crippen LogP contribution in [0.5, 0.6) is 0 Å². The number of aliphatic hydroxyl groups excluding tert-OH is 10. The molecule has 8 aliphatic rings. The van der Waals surface area contributed by atoms with Crippen LogP contribution in [-0.4, -0.2) is 218 Å². The number of allylic oxidation sites excluding steroid dienone is 4. The minimum Gasteiger partial charge on any atom is -0.467 e. The minimum absolute atomic E-state index is 0.162. The molecule has 0 radical (unpaired) electrons. The van der Waals surface area contributed by atoms with E-state index < -0.39 is 199 Å². The van der Waals surface area contributed by atoms with Crippen molar-refractivity contribution in [3.63, 3.8) is 0 Å². The third-order valence-electron chi connectivity index (χ3n) is 22.7. The molecule has 0 aromatic heterocycles. The monoisotopic (exact) mass is 1290 g/mol. The number of esters is 4. The van der Waals surface area contributed by atoms with E-state index in [1.165, 1.54) is 6.08 Å². The van der Waals surface area contributed by atoms with Crippen LogP contribution in [0.3, 0.4) is 0 Å². The van der Waals surface area contributed by atoms with E-state index in [2.05, 4.69) is 26.0 Å². The normalized spacial score (nSPS) is 44.2. The van der Waals surface area contributed by atoms with E-state index in [1.54, 1.807) is 30.3 Å². The molecule has 3 heterocycles. The Morgan fingerprint density at radius 3 is 2.00 bits per heavy atom. The summed E-state index contributed by atoms with van der Waals surface area (Å²) in [5.74, 6) is -4.49. The predicted molar refractivity (Wildman–Crippen MR) is 320 cm³/mol. The molecular formula is C67H98O24. The molecule has 0 bridgehead atoms. The molecule has 7 fully saturated rings. The first-order valence-electron chi connectivity index (χ1n) is 32.0. The number of ether oxygens (including phenoxy) is 10. The molecule has 0 spiro atoms. The molecule has 0 amide bonds. The number of carbonyl (C=O) groups is 4. The zero-order valence-corrected chi connectivity index (χ0v) is 54.3. The fourth-order valence-corrected chi connectivity index (χ4v) is 17.7. The van der Waals surface area contributed by atoms with E-state index in [0.717, 1.165) is 30.8 Å². The molecule has 0 unspecified atom stereocenters. The fraction of sp³-hybridized carbons (Fsp3) is 0.761. The lowest BCUT2D eigenvalue weighted by Crippen LogP contribution is -2.76. The Labute approximate surface area is 531 Å². The van der Waals surface area contributed by atoms with Crippen LogP contribution in [-0.2, 0) is 61.8 Å². The van der Waals surface area contributed by atoms with Crippen molar-refractivity contribution in [3.8, 4) is 0 Å². The van der Waals surface area contributed by atoms with Gasteiger partial charge >= 0.3 is 23.9 Å². The lowest BCUT2D eigenvalue weighted by Gasteiger charge is -2.73. The first-order valence-corrected chi connectivity index (χ1v) is 32.0. The van der Waals surface area contributed by atoms with E-state index >= 15 is 0 Å². The Balaban J connectivity index is 1.06. The summed E-state index contributed by atoms with van der Waals surface area (Å²) in [5.41, 5.74) is -3.01. The number of hydrogen-bond acceptors (Lipinski definition) is 24. The minimum atomic E-state index is -2.00. The first kappa shape index (κ1) is 71.0. The van der Waals surface area contributed by atoms with Gasteiger partial charge in [0.25, 0.3) is 0 Å². The van der Waals surface area contributed by atoms with Gasteiger partial charge in [-0.1, -0.05) is 95.5 Å². The number of hydrogen-bond donors (Lipinski definition) is 10. The highest BCUT2D eigenvalue weighted by molar-refractivity contribution is 5.89. The highest BCUT2D eigenvalue weighted by Crippen LogP contribution is 2.76. The average Bonchev–Trinajstić information content (AvgIpc) is 0.664. The predicted octanol–water partition coefficient (Wildman–Crippen LogP) is 3.00. The molecule has 10 N–H and O–H groups in total. The van der Waals surface area contributed by atoms with Crippen LogP contribution >= 0.6 is 0 Å². The van der Waals surface area contributed by atoms with Gasteiger partial charge < -0.3 is 98.4 Å². The number of fused-ring (bicyclic) bond motifs is 7. The Kier molecular flexibility index (Phi) is 21.1. The van der Waals surface area contributed by atoms with Crippen LogP contribution in [0.2, 0.25) is 0 Å². The average molecular weight is 1290 g/mol. The smallest absolute Gasteiger partial charge is 0.338 e. The van der Waals surface area contributed by atoms with Gasteiger partial charge in [-0.05, 0) is 118 Å². The van der Waals surface area contributed by atoms with Crippen molar-refractivity contribution in [3.05, 3.63) is 70.8 Å². The van der Waals surface area contributed by atoms with Gasteiger partial charge in [0.05, 0.1) is 56.2 Å². The van der Waals surface area contributed by atoms with Crippen molar-refractivity contribution in [2.24, 2.45) is 50.2 Å². The second kappa shape index (κ2) is 27.1. The van der Waals surface area contributed by atoms with Crippen LogP contribution in [0.15, 0.2) is 65.3 Å². The zero-order chi connectivity index (χ0) is 66.8. The zero-order valence-electron chi connectivity index (χ0n) is 54.3. The second-order valence-corrected chi connectivity index (χ2v) is 29.1. The number of carbonyl (C=O) groups excluding carboxylic acids is 4. The fourth-order valence-electron chi connectivity index (χ4n) is 17.7. The molecule has 9 rings (SSSR count). The van der Waals surface area contributed by atoms with E-state index in [0.29, 0.717) is 44.9 Å². The lowest BCUT2D eigenvalue weighted by molar-refractivity contribution is -0.388. The summed E-state index contributed by atoms with van der Waals surface area (Å²) >= 11 is 0. The maximum absolute atomic E-state index is 14.4. The Bertz CT molecular complexity index is 2870. The van der Waals surface area contributed by atoms with Crippen LogP contribution in [0.25, 0.3) is 0 Å². The molecule has 3 aliphatic heterocycles. The molecule has 24 heteroatoms. The maximum Gasteiger partial charge on any atom is 0.338 e. The number of rotatable bonds is 17. The van der Waals surface area contributed by atoms with Crippen molar-refractivity contribution >= 4 is 23.9 Å². The molecule has 26 atom stereocenters. The van der Waals surface area contributed by atoms with Gasteiger partial charge in [-0.2, -0.15) is 0 Å². The van der Waals surface area contributed by atoms with Crippen LogP contribution in [0, 0.1) is 50.2 Å². The summed E-state index contributed by atoms with van der Waals surface area (Å²) in [4.78, 5) is 55.7. The molecule has 510 valence electrons. The van der Waals surface area contributed by atoms with E-state index in [1.807, 2.05) is 55.4 Å². The van der Waals surface area contributed by atoms with Gasteiger partial charge in [0.15, 0.2) is 43.3 Å². The third kappa shape index (κ3) is 12.5. The molecule has 24 nitrogen and oxygen atoms in total. The lowest BCUT2D eigenvalue weighted by atomic mass is 9.32. The number of benzene rings is 1. The molecular weight excluding hydrogens is 1190 g/mol. The highest BCUT2D eigenvalue weighted by atomic mass is 16.8. The van der Waals surface area contributed by atoms with Gasteiger partial charge in [0, 0.05) is 23.8 Å². The summed E-state index contributed by atoms with van der Waals surface area (Å²) in [6.45, 7) is 19.1. The van der Waals surface area contributed by atoms with Crippen LogP contribution in [0.1, 0.15) is 138 Å². The van der Waals surface area contributed by atoms with Gasteiger partial charge in [-0.3, -0.25) is 4.79 Å². The number of methoxy groups -OCH3 is 1. The molecule has 91 heavy (non-hydrogen) atoms. The molecule has 5 aliphatic carbocycles. The van der Waals surface area contributed by atoms with Gasteiger partial charge in [-0.25, -0.2) is 14.4 Å². The third-order valence-corrected chi connectivity index (χ3v) is 22.7. The first-order chi connectivity index (χ1) is 42.7. The van der Waals surface area contributed by atoms with Gasteiger partial charge in [-0.15, -0.1) is 0 Å². The summed E-state index contributed by atoms with van der Waals surface area (Å²) < 4.78 is 61.5. The summed E-state index contributed by atoms with van der Waals surface area (Å²) in [6, 6.07) is 8.29. The van der Waals surface area contributed by atoms with E-state index in [4.69, 9.17) is 47.4 Å². The Hall–Kier alpha value is -4.32. The Morgan fingerprint density at radius 1 is 0.692 bits per heavy atom. The standard InChI is InChI=1S/C67H98O24/c1-32(2)17-16-18-33(3)27-43(72)87-55-56(91-57(80)35-19-14-13-15-20-35)67(31-69)37(28-62(55,5)6)36-21-22-41-64(9)25-24-42(63(7,8)40(64)23-26-65(41,10)66(36,11)53(78)54(67)79)86-61-52(90-60-48(77)46(75)45(74)39(29-68)85-60)50(84-34(4)70)49(51(89-61)58(81)82-12)88-59-47(76)44(73)38(71)30-83-59/h13-15,17,19-21,27,37-42,44-56,59-61,68-69,71,73-79H,16,18,22-26,28-31H2,1-12H3/b33-27-/t37-,38-,39+,40-,41+,42-,44-,45+,46-,47+,48+,49-,50-,51-,52+,53-,54+,55-,56-,59-,60-,61+,64-,65+,66-,67-/m0/s1. The van der Waals surface area contributed by atoms with Crippen molar-refractivity contribution in [2.45, 2.75) is 244 Å². The largest absolute Gasteiger partial charge is 0.467 e. The van der Waals surface area contributed by atoms with E-state index in [-0.39, 0.29) is 23.8 Å². The second-order valence-electron chi connectivity index (χ2n) is 29.1. The van der Waals surface area contributed by atoms with Gasteiger partial charge in [0.2, 0.25) is 0 Å². The van der Waals surface area contributed by atoms with Gasteiger partial charge in [0.1, 0.15) is 54.9 Å². The Morgan fingerprint density at radius 2 is 1.36 bits per heavy atom. The molecule has 1 aromatic carbocycles. The van der Waals surface area contributed by atoms with Crippen molar-refractivity contribution in [1.82, 2.24) is 0 Å². The number of aliphatic hydroxyl groups is 10.